The van der Waals surface area contributed by atoms with Crippen molar-refractivity contribution in [1.82, 2.24) is 29.6 Å². The van der Waals surface area contributed by atoms with Crippen LogP contribution in [0.1, 0.15) is 34.7 Å². The molecule has 0 saturated carbocycles. The van der Waals surface area contributed by atoms with Gasteiger partial charge in [-0.3, -0.25) is 4.79 Å². The van der Waals surface area contributed by atoms with Crippen molar-refractivity contribution in [2.75, 3.05) is 0 Å². The second-order valence-corrected chi connectivity index (χ2v) is 7.97. The van der Waals surface area contributed by atoms with Crippen LogP contribution in [0.15, 0.2) is 79.3 Å². The molecule has 0 aliphatic carbocycles. The molecule has 5 aromatic rings. The van der Waals surface area contributed by atoms with Crippen molar-refractivity contribution in [1.29, 1.82) is 0 Å². The van der Waals surface area contributed by atoms with E-state index in [9.17, 15) is 9.18 Å². The molecule has 1 N–H and O–H groups in total. The average molecular weight is 455 g/mol. The Morgan fingerprint density at radius 1 is 1.12 bits per heavy atom. The summed E-state index contributed by atoms with van der Waals surface area (Å²) in [5, 5.41) is 8.18. The highest BCUT2D eigenvalue weighted by Crippen LogP contribution is 2.27. The van der Waals surface area contributed by atoms with E-state index in [2.05, 4.69) is 15.4 Å². The second kappa shape index (κ2) is 8.90. The smallest absolute Gasteiger partial charge is 0.253 e. The van der Waals surface area contributed by atoms with Crippen molar-refractivity contribution >= 4 is 16.9 Å². The Bertz CT molecular complexity index is 1460. The largest absolute Gasteiger partial charge is 0.338 e. The minimum atomic E-state index is -0.572. The minimum absolute atomic E-state index is 0.294. The predicted molar refractivity (Wildman–Crippen MR) is 128 cm³/mol. The second-order valence-electron chi connectivity index (χ2n) is 7.97. The van der Waals surface area contributed by atoms with Crippen molar-refractivity contribution in [2.24, 2.45) is 7.05 Å². The van der Waals surface area contributed by atoms with E-state index in [0.29, 0.717) is 34.7 Å². The van der Waals surface area contributed by atoms with Crippen LogP contribution < -0.4 is 5.32 Å². The number of benzene rings is 2. The fourth-order valence-electron chi connectivity index (χ4n) is 4.04. The summed E-state index contributed by atoms with van der Waals surface area (Å²) < 4.78 is 17.2. The van der Waals surface area contributed by atoms with Crippen LogP contribution in [0.2, 0.25) is 0 Å². The van der Waals surface area contributed by atoms with Crippen LogP contribution in [-0.2, 0) is 13.6 Å². The van der Waals surface area contributed by atoms with Gasteiger partial charge in [0.1, 0.15) is 17.7 Å². The zero-order valence-corrected chi connectivity index (χ0v) is 18.8. The van der Waals surface area contributed by atoms with Crippen molar-refractivity contribution in [2.45, 2.75) is 19.5 Å². The number of imidazole rings is 1. The number of nitrogens with one attached hydrogen (secondary N) is 1. The van der Waals surface area contributed by atoms with Crippen LogP contribution in [0.4, 0.5) is 4.39 Å². The van der Waals surface area contributed by atoms with Gasteiger partial charge in [0.25, 0.3) is 5.91 Å². The molecule has 8 heteroatoms. The maximum atomic E-state index is 13.7. The molecule has 0 fully saturated rings. The molecule has 170 valence electrons. The topological polar surface area (TPSA) is 77.6 Å². The van der Waals surface area contributed by atoms with E-state index < -0.39 is 6.04 Å². The highest BCUT2D eigenvalue weighted by molar-refractivity contribution is 6.06. The predicted octanol–water partition coefficient (Wildman–Crippen LogP) is 4.51. The van der Waals surface area contributed by atoms with E-state index in [4.69, 9.17) is 4.98 Å². The van der Waals surface area contributed by atoms with Crippen LogP contribution in [0.25, 0.3) is 22.3 Å². The van der Waals surface area contributed by atoms with E-state index in [1.54, 1.807) is 41.5 Å². The highest BCUT2D eigenvalue weighted by Gasteiger charge is 2.24. The van der Waals surface area contributed by atoms with Crippen LogP contribution in [-0.4, -0.2) is 30.2 Å². The van der Waals surface area contributed by atoms with Crippen LogP contribution >= 0.6 is 0 Å². The number of nitrogens with zero attached hydrogens (tertiary/aromatic N) is 5. The first-order chi connectivity index (χ1) is 16.5. The van der Waals surface area contributed by atoms with Gasteiger partial charge >= 0.3 is 0 Å². The fourth-order valence-corrected chi connectivity index (χ4v) is 4.04. The summed E-state index contributed by atoms with van der Waals surface area (Å²) in [7, 11) is 1.86. The molecule has 0 saturated heterocycles. The number of carbonyl (C=O) groups excluding carboxylic acids is 1. The number of hydrogen-bond acceptors (Lipinski definition) is 4. The summed E-state index contributed by atoms with van der Waals surface area (Å²) in [5.74, 6) is -0.000606. The van der Waals surface area contributed by atoms with Crippen LogP contribution in [0.5, 0.6) is 0 Å². The standard InChI is InChI=1S/C26H23FN6O/c1-3-33-24-21(16-29-33)20(15-22(30-24)17-7-5-4-6-8-17)26(34)31-23(25-28-13-14-32(25)2)18-9-11-19(27)12-10-18/h4-16,23H,3H2,1-2H3,(H,31,34). The molecule has 0 aliphatic rings. The Kier molecular flexibility index (Phi) is 5.63. The molecule has 7 nitrogen and oxygen atoms in total. The lowest BCUT2D eigenvalue weighted by Crippen LogP contribution is -2.31. The lowest BCUT2D eigenvalue weighted by atomic mass is 10.0. The third kappa shape index (κ3) is 3.94. The Balaban J connectivity index is 1.61. The van der Waals surface area contributed by atoms with Crippen LogP contribution in [0, 0.1) is 5.82 Å². The Labute approximate surface area is 195 Å². The van der Waals surface area contributed by atoms with Gasteiger partial charge < -0.3 is 9.88 Å². The van der Waals surface area contributed by atoms with Crippen molar-refractivity contribution in [3.63, 3.8) is 0 Å². The SMILES string of the molecule is CCn1ncc2c(C(=O)NC(c3ccc(F)cc3)c3nccn3C)cc(-c3ccccc3)nc21. The molecule has 5 rings (SSSR count). The zero-order valence-electron chi connectivity index (χ0n) is 18.8. The molecule has 0 aliphatic heterocycles. The van der Waals surface area contributed by atoms with Gasteiger partial charge in [-0.1, -0.05) is 42.5 Å². The van der Waals surface area contributed by atoms with Gasteiger partial charge in [0.15, 0.2) is 5.65 Å². The molecule has 1 atom stereocenters. The maximum Gasteiger partial charge on any atom is 0.253 e. The summed E-state index contributed by atoms with van der Waals surface area (Å²) in [5.41, 5.74) is 3.42. The van der Waals surface area contributed by atoms with Gasteiger partial charge in [-0.2, -0.15) is 5.10 Å². The number of aromatic nitrogens is 5. The third-order valence-corrected chi connectivity index (χ3v) is 5.82. The first-order valence-corrected chi connectivity index (χ1v) is 11.0. The molecule has 0 radical (unpaired) electrons. The lowest BCUT2D eigenvalue weighted by Gasteiger charge is -2.20. The number of carbonyl (C=O) groups is 1. The number of fused-ring (bicyclic) bond motifs is 1. The molecule has 3 aromatic heterocycles. The van der Waals surface area contributed by atoms with Gasteiger partial charge in [0.05, 0.1) is 22.8 Å². The molecule has 1 amide bonds. The Morgan fingerprint density at radius 2 is 1.88 bits per heavy atom. The quantitative estimate of drug-likeness (QED) is 0.410. The van der Waals surface area contributed by atoms with Gasteiger partial charge in [0, 0.05) is 31.5 Å². The molecule has 0 spiro atoms. The summed E-state index contributed by atoms with van der Waals surface area (Å²) in [6.07, 6.45) is 5.14. The average Bonchev–Trinajstić information content (AvgIpc) is 3.48. The molecule has 2 aromatic carbocycles. The number of pyridine rings is 1. The van der Waals surface area contributed by atoms with Gasteiger partial charge in [-0.05, 0) is 30.7 Å². The molecule has 0 bridgehead atoms. The van der Waals surface area contributed by atoms with Crippen LogP contribution in [0.3, 0.4) is 0 Å². The first-order valence-electron chi connectivity index (χ1n) is 11.0. The summed E-state index contributed by atoms with van der Waals surface area (Å²) in [6.45, 7) is 2.61. The first kappa shape index (κ1) is 21.5. The lowest BCUT2D eigenvalue weighted by molar-refractivity contribution is 0.0943. The Hall–Kier alpha value is -4.33. The molecular formula is C26H23FN6O. The minimum Gasteiger partial charge on any atom is -0.338 e. The number of rotatable bonds is 6. The van der Waals surface area contributed by atoms with E-state index in [1.165, 1.54) is 12.1 Å². The summed E-state index contributed by atoms with van der Waals surface area (Å²) in [4.78, 5) is 22.9. The van der Waals surface area contributed by atoms with Crippen molar-refractivity contribution < 1.29 is 9.18 Å². The maximum absolute atomic E-state index is 13.7. The number of hydrogen-bond donors (Lipinski definition) is 1. The zero-order chi connectivity index (χ0) is 23.7. The molecular weight excluding hydrogens is 431 g/mol. The number of halogens is 1. The molecule has 3 heterocycles. The highest BCUT2D eigenvalue weighted by atomic mass is 19.1. The van der Waals surface area contributed by atoms with Crippen molar-refractivity contribution in [3.8, 4) is 11.3 Å². The fraction of sp³-hybridized carbons (Fsp3) is 0.154. The van der Waals surface area contributed by atoms with E-state index >= 15 is 0 Å². The van der Waals surface area contributed by atoms with Gasteiger partial charge in [-0.15, -0.1) is 0 Å². The molecule has 34 heavy (non-hydrogen) atoms. The van der Waals surface area contributed by atoms with E-state index in [1.807, 2.05) is 48.9 Å². The van der Waals surface area contributed by atoms with E-state index in [-0.39, 0.29) is 11.7 Å². The van der Waals surface area contributed by atoms with Gasteiger partial charge in [-0.25, -0.2) is 19.0 Å². The third-order valence-electron chi connectivity index (χ3n) is 5.82. The number of aryl methyl sites for hydroxylation is 2. The monoisotopic (exact) mass is 454 g/mol. The summed E-state index contributed by atoms with van der Waals surface area (Å²) >= 11 is 0. The van der Waals surface area contributed by atoms with Crippen molar-refractivity contribution in [3.05, 3.63) is 102 Å². The normalized spacial score (nSPS) is 12.1. The van der Waals surface area contributed by atoms with E-state index in [0.717, 1.165) is 11.1 Å². The number of amides is 1. The summed E-state index contributed by atoms with van der Waals surface area (Å²) in [6, 6.07) is 17.0. The Morgan fingerprint density at radius 3 is 2.56 bits per heavy atom. The van der Waals surface area contributed by atoms with Gasteiger partial charge in [0.2, 0.25) is 0 Å². The molecule has 1 unspecified atom stereocenters.